The van der Waals surface area contributed by atoms with E-state index >= 15 is 0 Å². The molecule has 0 spiro atoms. The molecule has 0 bridgehead atoms. The zero-order valence-corrected chi connectivity index (χ0v) is 7.14. The van der Waals surface area contributed by atoms with Crippen molar-refractivity contribution in [1.82, 2.24) is 0 Å². The first-order chi connectivity index (χ1) is 3.83. The van der Waals surface area contributed by atoms with E-state index in [0.29, 0.717) is 0 Å². The van der Waals surface area contributed by atoms with Crippen LogP contribution < -0.4 is 0 Å². The zero-order chi connectivity index (χ0) is 6.83. The minimum Gasteiger partial charge on any atom is -0.134 e. The van der Waals surface area contributed by atoms with Crippen LogP contribution in [0.5, 0.6) is 0 Å². The molecule has 50 valence electrons. The van der Waals surface area contributed by atoms with Gasteiger partial charge in [0.15, 0.2) is 0 Å². The summed E-state index contributed by atoms with van der Waals surface area (Å²) >= 11 is 0. The molecule has 0 rings (SSSR count). The molecule has 1 heteroatoms. The smallest absolute Gasteiger partial charge is 0.0203 e. The quantitative estimate of drug-likeness (QED) is 0.400. The number of hydrogen-bond acceptors (Lipinski definition) is 0. The van der Waals surface area contributed by atoms with Crippen LogP contribution in [-0.4, -0.2) is 6.16 Å². The molecule has 0 aromatic heterocycles. The molecule has 0 fully saturated rings. The fourth-order valence-corrected chi connectivity index (χ4v) is 0. The van der Waals surface area contributed by atoms with Gasteiger partial charge in [0.1, 0.15) is 0 Å². The van der Waals surface area contributed by atoms with Gasteiger partial charge in [-0.05, 0) is 6.16 Å². The van der Waals surface area contributed by atoms with Crippen molar-refractivity contribution >= 4 is 9.24 Å². The molecular formula is C7H17P. The molecule has 0 N–H and O–H groups in total. The van der Waals surface area contributed by atoms with Crippen LogP contribution in [0.15, 0.2) is 12.7 Å². The van der Waals surface area contributed by atoms with Crippen LogP contribution in [0.3, 0.4) is 0 Å². The first kappa shape index (κ1) is 11.0. The summed E-state index contributed by atoms with van der Waals surface area (Å²) in [6.07, 6.45) is 5.48. The Bertz CT molecular complexity index is 31.4. The summed E-state index contributed by atoms with van der Waals surface area (Å²) in [6.45, 7) is 7.82. The van der Waals surface area contributed by atoms with E-state index in [4.69, 9.17) is 0 Å². The summed E-state index contributed by atoms with van der Waals surface area (Å²) < 4.78 is 0. The van der Waals surface area contributed by atoms with E-state index in [1.165, 1.54) is 12.8 Å². The maximum absolute atomic E-state index is 3.46. The highest BCUT2D eigenvalue weighted by Crippen LogP contribution is 1.76. The van der Waals surface area contributed by atoms with E-state index in [1.54, 1.807) is 0 Å². The number of rotatable bonds is 2. The predicted octanol–water partition coefficient (Wildman–Crippen LogP) is 2.85. The van der Waals surface area contributed by atoms with E-state index in [0.717, 1.165) is 6.16 Å². The molecule has 0 amide bonds. The lowest BCUT2D eigenvalue weighted by Gasteiger charge is -1.68. The number of unbranched alkanes of at least 4 members (excludes halogenated alkanes) is 1. The Morgan fingerprint density at radius 3 is 1.62 bits per heavy atom. The van der Waals surface area contributed by atoms with Gasteiger partial charge in [-0.1, -0.05) is 32.8 Å². The van der Waals surface area contributed by atoms with Gasteiger partial charge in [0.25, 0.3) is 0 Å². The fraction of sp³-hybridized carbons (Fsp3) is 0.714. The van der Waals surface area contributed by atoms with Crippen LogP contribution in [0, 0.1) is 0 Å². The van der Waals surface area contributed by atoms with Gasteiger partial charge in [0.2, 0.25) is 0 Å². The Labute approximate surface area is 55.6 Å². The Hall–Kier alpha value is 0.170. The van der Waals surface area contributed by atoms with Crippen molar-refractivity contribution in [2.75, 3.05) is 6.16 Å². The summed E-state index contributed by atoms with van der Waals surface area (Å²) in [5.74, 6) is 0. The summed E-state index contributed by atoms with van der Waals surface area (Å²) in [4.78, 5) is 0. The molecule has 0 heterocycles. The largest absolute Gasteiger partial charge is 0.134 e. The van der Waals surface area contributed by atoms with Crippen molar-refractivity contribution in [3.8, 4) is 0 Å². The lowest BCUT2D eigenvalue weighted by Crippen LogP contribution is -1.47. The van der Waals surface area contributed by atoms with E-state index < -0.39 is 0 Å². The van der Waals surface area contributed by atoms with Crippen LogP contribution in [0.2, 0.25) is 0 Å². The van der Waals surface area contributed by atoms with Crippen molar-refractivity contribution in [3.63, 3.8) is 0 Å². The Balaban J connectivity index is 0. The topological polar surface area (TPSA) is 0 Å². The minimum atomic E-state index is 1.00. The molecule has 0 aromatic rings. The summed E-state index contributed by atoms with van der Waals surface area (Å²) in [6, 6.07) is 0. The Morgan fingerprint density at radius 2 is 1.62 bits per heavy atom. The van der Waals surface area contributed by atoms with Gasteiger partial charge in [-0.3, -0.25) is 0 Å². The van der Waals surface area contributed by atoms with E-state index in [-0.39, 0.29) is 0 Å². The highest BCUT2D eigenvalue weighted by molar-refractivity contribution is 7.16. The summed E-state index contributed by atoms with van der Waals surface area (Å²) in [7, 11) is 2.54. The average Bonchev–Trinajstić information content (AvgIpc) is 1.88. The second kappa shape index (κ2) is 15.7. The molecule has 0 aliphatic carbocycles. The molecule has 0 saturated heterocycles. The lowest BCUT2D eigenvalue weighted by atomic mass is 10.4. The monoisotopic (exact) mass is 132 g/mol. The molecule has 0 saturated carbocycles. The third-order valence-electron chi connectivity index (χ3n) is 0.667. The van der Waals surface area contributed by atoms with Crippen molar-refractivity contribution < 1.29 is 0 Å². The third kappa shape index (κ3) is 35.0. The van der Waals surface area contributed by atoms with Crippen molar-refractivity contribution in [1.29, 1.82) is 0 Å². The summed E-state index contributed by atoms with van der Waals surface area (Å²) in [5.41, 5.74) is 0. The highest BCUT2D eigenvalue weighted by atomic mass is 31.0. The van der Waals surface area contributed by atoms with Gasteiger partial charge < -0.3 is 0 Å². The van der Waals surface area contributed by atoms with Gasteiger partial charge in [-0.2, -0.15) is 0 Å². The fourth-order valence-electron chi connectivity index (χ4n) is 0. The second-order valence-corrected chi connectivity index (χ2v) is 2.00. The minimum absolute atomic E-state index is 1.00. The Morgan fingerprint density at radius 1 is 1.38 bits per heavy atom. The van der Waals surface area contributed by atoms with E-state index in [1.807, 2.05) is 6.08 Å². The molecule has 0 aromatic carbocycles. The highest BCUT2D eigenvalue weighted by Gasteiger charge is 1.56. The molecule has 0 nitrogen and oxygen atoms in total. The van der Waals surface area contributed by atoms with Gasteiger partial charge >= 0.3 is 0 Å². The normalized spacial score (nSPS) is 6.88. The lowest BCUT2D eigenvalue weighted by molar-refractivity contribution is 0.886. The maximum atomic E-state index is 3.46. The molecule has 1 unspecified atom stereocenters. The number of hydrogen-bond donors (Lipinski definition) is 0. The van der Waals surface area contributed by atoms with Crippen molar-refractivity contribution in [2.45, 2.75) is 26.7 Å². The Kier molecular flexibility index (Phi) is 21.6. The predicted molar refractivity (Wildman–Crippen MR) is 45.4 cm³/mol. The van der Waals surface area contributed by atoms with Crippen molar-refractivity contribution in [3.05, 3.63) is 12.7 Å². The van der Waals surface area contributed by atoms with E-state index in [9.17, 15) is 0 Å². The SMILES string of the molecule is C=CCP.CCCC. The molecular weight excluding hydrogens is 115 g/mol. The molecule has 1 atom stereocenters. The first-order valence-electron chi connectivity index (χ1n) is 3.14. The maximum Gasteiger partial charge on any atom is -0.0203 e. The standard InChI is InChI=1S/C4H10.C3H7P/c1-3-4-2;1-2-3-4/h3-4H2,1-2H3;2H,1,3-4H2. The molecule has 0 aliphatic rings. The zero-order valence-electron chi connectivity index (χ0n) is 5.98. The van der Waals surface area contributed by atoms with Crippen LogP contribution in [0.25, 0.3) is 0 Å². The van der Waals surface area contributed by atoms with Crippen LogP contribution in [0.4, 0.5) is 0 Å². The summed E-state index contributed by atoms with van der Waals surface area (Å²) in [5, 5.41) is 0. The van der Waals surface area contributed by atoms with Gasteiger partial charge in [0, 0.05) is 0 Å². The number of allylic oxidation sites excluding steroid dienone is 1. The third-order valence-corrected chi connectivity index (χ3v) is 1.000. The van der Waals surface area contributed by atoms with Crippen LogP contribution in [-0.2, 0) is 0 Å². The average molecular weight is 132 g/mol. The van der Waals surface area contributed by atoms with Gasteiger partial charge in [-0.15, -0.1) is 15.8 Å². The van der Waals surface area contributed by atoms with Crippen molar-refractivity contribution in [2.24, 2.45) is 0 Å². The molecule has 8 heavy (non-hydrogen) atoms. The molecule has 0 radical (unpaired) electrons. The van der Waals surface area contributed by atoms with Crippen LogP contribution >= 0.6 is 9.24 Å². The van der Waals surface area contributed by atoms with E-state index in [2.05, 4.69) is 29.7 Å². The van der Waals surface area contributed by atoms with Crippen LogP contribution in [0.1, 0.15) is 26.7 Å². The second-order valence-electron chi connectivity index (χ2n) is 1.52. The first-order valence-corrected chi connectivity index (χ1v) is 3.96. The van der Waals surface area contributed by atoms with Gasteiger partial charge in [0.05, 0.1) is 0 Å². The van der Waals surface area contributed by atoms with Gasteiger partial charge in [-0.25, -0.2) is 0 Å². The molecule has 0 aliphatic heterocycles.